The molecule has 0 fully saturated rings. The molecule has 0 aromatic rings. The van der Waals surface area contributed by atoms with Gasteiger partial charge in [0.15, 0.2) is 0 Å². The Hall–Kier alpha value is -0.123. The summed E-state index contributed by atoms with van der Waals surface area (Å²) in [6.07, 6.45) is 1.32. The first-order valence-electron chi connectivity index (χ1n) is 3.88. The number of hydrogen-bond donors (Lipinski definition) is 2. The molecule has 66 valence electrons. The van der Waals surface area contributed by atoms with Gasteiger partial charge in [0.25, 0.3) is 0 Å². The summed E-state index contributed by atoms with van der Waals surface area (Å²) in [5.74, 6) is 0. The Labute approximate surface area is 69.6 Å². The van der Waals surface area contributed by atoms with Gasteiger partial charge in [-0.25, -0.2) is 0 Å². The summed E-state index contributed by atoms with van der Waals surface area (Å²) in [5.41, 5.74) is 0. The summed E-state index contributed by atoms with van der Waals surface area (Å²) in [4.78, 5) is 0. The van der Waals surface area contributed by atoms with Gasteiger partial charge in [0.05, 0.1) is 20.8 Å². The first-order chi connectivity index (χ1) is 4.88. The molecule has 0 radical (unpaired) electrons. The molecule has 0 aliphatic rings. The molecule has 3 heteroatoms. The fourth-order valence-corrected chi connectivity index (χ4v) is 2.05. The third kappa shape index (κ3) is 4.34. The largest absolute Gasteiger partial charge is 0.392 e. The van der Waals surface area contributed by atoms with Gasteiger partial charge in [0.2, 0.25) is 0 Å². The van der Waals surface area contributed by atoms with E-state index in [-0.39, 0.29) is 6.61 Å². The second-order valence-electron chi connectivity index (χ2n) is 3.84. The zero-order chi connectivity index (χ0) is 9.07. The van der Waals surface area contributed by atoms with Crippen LogP contribution >= 0.6 is 0 Å². The summed E-state index contributed by atoms with van der Waals surface area (Å²) in [6, 6.07) is 0. The Morgan fingerprint density at radius 3 is 2.00 bits per heavy atom. The topological polar surface area (TPSA) is 40.5 Å². The first-order valence-corrected chi connectivity index (χ1v) is 7.38. The van der Waals surface area contributed by atoms with Gasteiger partial charge >= 0.3 is 0 Å². The van der Waals surface area contributed by atoms with Crippen molar-refractivity contribution in [1.82, 2.24) is 0 Å². The van der Waals surface area contributed by atoms with Crippen molar-refractivity contribution in [3.8, 4) is 0 Å². The second-order valence-corrected chi connectivity index (χ2v) is 8.98. The van der Waals surface area contributed by atoms with Crippen LogP contribution in [0.1, 0.15) is 6.92 Å². The Kier molecular flexibility index (Phi) is 4.00. The lowest BCUT2D eigenvalue weighted by molar-refractivity contribution is 0.241. The molecule has 0 aromatic carbocycles. The van der Waals surface area contributed by atoms with Gasteiger partial charge in [-0.15, -0.1) is 0 Å². The van der Waals surface area contributed by atoms with Gasteiger partial charge in [0.1, 0.15) is 0 Å². The number of aliphatic hydroxyl groups is 2. The molecule has 2 N–H and O–H groups in total. The molecule has 2 nitrogen and oxygen atoms in total. The molecule has 0 heterocycles. The highest BCUT2D eigenvalue weighted by Crippen LogP contribution is 2.13. The predicted octanol–water partition coefficient (Wildman–Crippen LogP) is 1.16. The summed E-state index contributed by atoms with van der Waals surface area (Å²) in [5, 5.41) is 19.0. The fourth-order valence-electron chi connectivity index (χ4n) is 0.831. The number of hydrogen-bond acceptors (Lipinski definition) is 2. The van der Waals surface area contributed by atoms with Crippen molar-refractivity contribution < 1.29 is 10.2 Å². The Morgan fingerprint density at radius 2 is 1.91 bits per heavy atom. The molecule has 1 atom stereocenters. The van der Waals surface area contributed by atoms with Gasteiger partial charge in [-0.3, -0.25) is 0 Å². The monoisotopic (exact) mass is 174 g/mol. The van der Waals surface area contributed by atoms with E-state index in [1.165, 1.54) is 0 Å². The molecular weight excluding hydrogens is 156 g/mol. The van der Waals surface area contributed by atoms with Crippen molar-refractivity contribution in [2.75, 3.05) is 6.61 Å². The van der Waals surface area contributed by atoms with Crippen LogP contribution in [0.5, 0.6) is 0 Å². The highest BCUT2D eigenvalue weighted by atomic mass is 28.3. The minimum atomic E-state index is -1.40. The van der Waals surface area contributed by atoms with E-state index >= 15 is 0 Å². The fraction of sp³-hybridized carbons (Fsp3) is 0.750. The maximum absolute atomic E-state index is 9.05. The van der Waals surface area contributed by atoms with E-state index in [4.69, 9.17) is 10.2 Å². The van der Waals surface area contributed by atoms with Gasteiger partial charge < -0.3 is 10.2 Å². The molecular formula is C8H18O2Si. The quantitative estimate of drug-likeness (QED) is 0.630. The van der Waals surface area contributed by atoms with Crippen LogP contribution in [0, 0.1) is 0 Å². The van der Waals surface area contributed by atoms with E-state index in [1.807, 2.05) is 0 Å². The second kappa shape index (κ2) is 4.04. The third-order valence-electron chi connectivity index (χ3n) is 1.58. The molecule has 11 heavy (non-hydrogen) atoms. The van der Waals surface area contributed by atoms with Crippen LogP contribution in [-0.2, 0) is 0 Å². The van der Waals surface area contributed by atoms with E-state index in [0.717, 1.165) is 5.20 Å². The van der Waals surface area contributed by atoms with Crippen LogP contribution in [0.2, 0.25) is 19.6 Å². The Morgan fingerprint density at radius 1 is 1.45 bits per heavy atom. The van der Waals surface area contributed by atoms with E-state index in [2.05, 4.69) is 19.6 Å². The molecule has 0 aliphatic carbocycles. The standard InChI is InChI=1S/C8H18O2Si/c1-7(10)5-8(6-9)11(2,3)4/h5,7,9-10H,6H2,1-4H3/b8-5-. The van der Waals surface area contributed by atoms with E-state index < -0.39 is 14.2 Å². The SMILES string of the molecule is CC(O)/C=C(/CO)[Si](C)(C)C. The average molecular weight is 174 g/mol. The maximum atomic E-state index is 9.05. The van der Waals surface area contributed by atoms with Crippen molar-refractivity contribution in [1.29, 1.82) is 0 Å². The van der Waals surface area contributed by atoms with Crippen molar-refractivity contribution in [3.05, 3.63) is 11.3 Å². The molecule has 0 saturated carbocycles. The summed E-state index contributed by atoms with van der Waals surface area (Å²) in [6.45, 7) is 8.24. The number of rotatable bonds is 3. The molecule has 0 aliphatic heterocycles. The third-order valence-corrected chi connectivity index (χ3v) is 3.83. The number of aliphatic hydroxyl groups excluding tert-OH is 2. The maximum Gasteiger partial charge on any atom is 0.0751 e. The zero-order valence-electron chi connectivity index (χ0n) is 7.76. The van der Waals surface area contributed by atoms with Gasteiger partial charge in [-0.2, -0.15) is 0 Å². The van der Waals surface area contributed by atoms with Crippen LogP contribution < -0.4 is 0 Å². The van der Waals surface area contributed by atoms with E-state index in [0.29, 0.717) is 0 Å². The van der Waals surface area contributed by atoms with Crippen LogP contribution in [0.15, 0.2) is 11.3 Å². The van der Waals surface area contributed by atoms with Crippen LogP contribution in [0.3, 0.4) is 0 Å². The van der Waals surface area contributed by atoms with Crippen LogP contribution in [0.25, 0.3) is 0 Å². The highest BCUT2D eigenvalue weighted by molar-refractivity contribution is 6.83. The Bertz CT molecular complexity index is 145. The predicted molar refractivity (Wildman–Crippen MR) is 50.2 cm³/mol. The van der Waals surface area contributed by atoms with Gasteiger partial charge in [0, 0.05) is 0 Å². The van der Waals surface area contributed by atoms with E-state index in [9.17, 15) is 0 Å². The van der Waals surface area contributed by atoms with E-state index in [1.54, 1.807) is 13.0 Å². The minimum Gasteiger partial charge on any atom is -0.392 e. The molecule has 0 aromatic heterocycles. The van der Waals surface area contributed by atoms with Crippen molar-refractivity contribution >= 4 is 8.07 Å². The minimum absolute atomic E-state index is 0.0840. The van der Waals surface area contributed by atoms with Crippen molar-refractivity contribution in [2.24, 2.45) is 0 Å². The lowest BCUT2D eigenvalue weighted by Gasteiger charge is -2.19. The van der Waals surface area contributed by atoms with Crippen LogP contribution in [0.4, 0.5) is 0 Å². The summed E-state index contributed by atoms with van der Waals surface area (Å²) in [7, 11) is -1.40. The van der Waals surface area contributed by atoms with Crippen molar-refractivity contribution in [2.45, 2.75) is 32.7 Å². The lowest BCUT2D eigenvalue weighted by atomic mass is 10.3. The Balaban J connectivity index is 4.41. The average Bonchev–Trinajstić information content (AvgIpc) is 1.79. The lowest BCUT2D eigenvalue weighted by Crippen LogP contribution is -2.27. The molecule has 0 spiro atoms. The molecule has 0 amide bonds. The van der Waals surface area contributed by atoms with Crippen molar-refractivity contribution in [3.63, 3.8) is 0 Å². The first kappa shape index (κ1) is 10.9. The zero-order valence-corrected chi connectivity index (χ0v) is 8.76. The smallest absolute Gasteiger partial charge is 0.0751 e. The summed E-state index contributed by atoms with van der Waals surface area (Å²) >= 11 is 0. The molecule has 0 rings (SSSR count). The summed E-state index contributed by atoms with van der Waals surface area (Å²) < 4.78 is 0. The van der Waals surface area contributed by atoms with Gasteiger partial charge in [-0.05, 0) is 6.92 Å². The molecule has 0 bridgehead atoms. The normalized spacial score (nSPS) is 16.7. The molecule has 0 saturated heterocycles. The molecule has 1 unspecified atom stereocenters. The van der Waals surface area contributed by atoms with Gasteiger partial charge in [-0.1, -0.05) is 30.9 Å². The van der Waals surface area contributed by atoms with Crippen LogP contribution in [-0.4, -0.2) is 31.0 Å². The highest BCUT2D eigenvalue weighted by Gasteiger charge is 2.18.